The summed E-state index contributed by atoms with van der Waals surface area (Å²) in [7, 11) is 0. The van der Waals surface area contributed by atoms with Gasteiger partial charge < -0.3 is 0 Å². The lowest BCUT2D eigenvalue weighted by atomic mass is 9.72. The van der Waals surface area contributed by atoms with Crippen LogP contribution < -0.4 is 11.3 Å². The number of nitrogens with zero attached hydrogens (tertiary/aromatic N) is 1. The molecular weight excluding hydrogens is 234 g/mol. The molecule has 1 fully saturated rings. The van der Waals surface area contributed by atoms with Crippen LogP contribution in [0.5, 0.6) is 0 Å². The quantitative estimate of drug-likeness (QED) is 0.646. The number of rotatable bonds is 4. The van der Waals surface area contributed by atoms with Crippen molar-refractivity contribution in [1.82, 2.24) is 10.4 Å². The SMILES string of the molecule is CCc1cnccc1C(NN)C1CCC(C)C(C)C1. The Balaban J connectivity index is 2.20. The second-order valence-corrected chi connectivity index (χ2v) is 6.10. The number of hydrogen-bond acceptors (Lipinski definition) is 3. The van der Waals surface area contributed by atoms with Gasteiger partial charge >= 0.3 is 0 Å². The van der Waals surface area contributed by atoms with Gasteiger partial charge in [-0.2, -0.15) is 0 Å². The molecule has 1 aromatic heterocycles. The molecule has 0 saturated heterocycles. The van der Waals surface area contributed by atoms with E-state index >= 15 is 0 Å². The molecule has 2 rings (SSSR count). The van der Waals surface area contributed by atoms with Crippen LogP contribution in [-0.2, 0) is 6.42 Å². The van der Waals surface area contributed by atoms with Gasteiger partial charge in [0.1, 0.15) is 0 Å². The molecule has 3 heteroatoms. The van der Waals surface area contributed by atoms with Gasteiger partial charge in [-0.25, -0.2) is 0 Å². The molecule has 3 nitrogen and oxygen atoms in total. The zero-order valence-electron chi connectivity index (χ0n) is 12.4. The van der Waals surface area contributed by atoms with Gasteiger partial charge in [0.05, 0.1) is 0 Å². The van der Waals surface area contributed by atoms with Crippen LogP contribution >= 0.6 is 0 Å². The fraction of sp³-hybridized carbons (Fsp3) is 0.688. The number of aromatic nitrogens is 1. The first-order chi connectivity index (χ1) is 9.17. The topological polar surface area (TPSA) is 50.9 Å². The van der Waals surface area contributed by atoms with Crippen LogP contribution in [0.1, 0.15) is 57.2 Å². The van der Waals surface area contributed by atoms with E-state index in [4.69, 9.17) is 5.84 Å². The van der Waals surface area contributed by atoms with Crippen LogP contribution in [0.3, 0.4) is 0 Å². The Morgan fingerprint density at radius 3 is 2.79 bits per heavy atom. The molecule has 4 unspecified atom stereocenters. The van der Waals surface area contributed by atoms with Gasteiger partial charge in [0, 0.05) is 18.4 Å². The Morgan fingerprint density at radius 2 is 2.16 bits per heavy atom. The maximum Gasteiger partial charge on any atom is 0.0492 e. The van der Waals surface area contributed by atoms with Crippen LogP contribution in [-0.4, -0.2) is 4.98 Å². The summed E-state index contributed by atoms with van der Waals surface area (Å²) in [4.78, 5) is 4.24. The first-order valence-electron chi connectivity index (χ1n) is 7.56. The van der Waals surface area contributed by atoms with Crippen molar-refractivity contribution in [1.29, 1.82) is 0 Å². The molecule has 0 radical (unpaired) electrons. The predicted octanol–water partition coefficient (Wildman–Crippen LogP) is 3.22. The summed E-state index contributed by atoms with van der Waals surface area (Å²) < 4.78 is 0. The minimum absolute atomic E-state index is 0.271. The third-order valence-electron chi connectivity index (χ3n) is 4.95. The van der Waals surface area contributed by atoms with Gasteiger partial charge in [-0.15, -0.1) is 0 Å². The summed E-state index contributed by atoms with van der Waals surface area (Å²) in [6, 6.07) is 2.40. The Kier molecular flexibility index (Phi) is 4.94. The fourth-order valence-corrected chi connectivity index (χ4v) is 3.41. The average molecular weight is 261 g/mol. The van der Waals surface area contributed by atoms with E-state index in [1.165, 1.54) is 30.4 Å². The van der Waals surface area contributed by atoms with Crippen molar-refractivity contribution >= 4 is 0 Å². The van der Waals surface area contributed by atoms with Crippen molar-refractivity contribution in [2.75, 3.05) is 0 Å². The molecule has 1 saturated carbocycles. The van der Waals surface area contributed by atoms with Gasteiger partial charge in [-0.05, 0) is 54.2 Å². The number of aryl methyl sites for hydroxylation is 1. The molecule has 0 aliphatic heterocycles. The fourth-order valence-electron chi connectivity index (χ4n) is 3.41. The van der Waals surface area contributed by atoms with Crippen molar-refractivity contribution < 1.29 is 0 Å². The second-order valence-electron chi connectivity index (χ2n) is 6.10. The summed E-state index contributed by atoms with van der Waals surface area (Å²) in [6.07, 6.45) is 8.73. The Bertz CT molecular complexity index is 405. The highest BCUT2D eigenvalue weighted by Gasteiger charge is 2.31. The molecule has 1 aromatic rings. The van der Waals surface area contributed by atoms with Gasteiger partial charge in [-0.3, -0.25) is 16.3 Å². The van der Waals surface area contributed by atoms with Crippen molar-refractivity contribution in [3.05, 3.63) is 29.6 Å². The van der Waals surface area contributed by atoms with E-state index in [-0.39, 0.29) is 6.04 Å². The van der Waals surface area contributed by atoms with E-state index in [1.54, 1.807) is 0 Å². The van der Waals surface area contributed by atoms with Crippen LogP contribution in [0.4, 0.5) is 0 Å². The van der Waals surface area contributed by atoms with Crippen molar-refractivity contribution in [3.63, 3.8) is 0 Å². The minimum atomic E-state index is 0.271. The summed E-state index contributed by atoms with van der Waals surface area (Å²) in [6.45, 7) is 6.92. The number of pyridine rings is 1. The van der Waals surface area contributed by atoms with E-state index in [1.807, 2.05) is 12.4 Å². The number of nitrogens with two attached hydrogens (primary N) is 1. The molecule has 0 bridgehead atoms. The van der Waals surface area contributed by atoms with Gasteiger partial charge in [0.15, 0.2) is 0 Å². The summed E-state index contributed by atoms with van der Waals surface area (Å²) in [5, 5.41) is 0. The molecule has 19 heavy (non-hydrogen) atoms. The minimum Gasteiger partial charge on any atom is -0.271 e. The van der Waals surface area contributed by atoms with E-state index in [2.05, 4.69) is 37.2 Å². The van der Waals surface area contributed by atoms with Crippen LogP contribution in [0.2, 0.25) is 0 Å². The van der Waals surface area contributed by atoms with Crippen molar-refractivity contribution in [3.8, 4) is 0 Å². The third kappa shape index (κ3) is 3.15. The van der Waals surface area contributed by atoms with Gasteiger partial charge in [0.2, 0.25) is 0 Å². The zero-order chi connectivity index (χ0) is 13.8. The molecule has 1 aliphatic carbocycles. The molecule has 1 aliphatic rings. The number of hydrazine groups is 1. The summed E-state index contributed by atoms with van der Waals surface area (Å²) in [5.74, 6) is 8.15. The third-order valence-corrected chi connectivity index (χ3v) is 4.95. The Morgan fingerprint density at radius 1 is 1.37 bits per heavy atom. The normalized spacial score (nSPS) is 29.2. The first-order valence-corrected chi connectivity index (χ1v) is 7.56. The largest absolute Gasteiger partial charge is 0.271 e. The molecule has 4 atom stereocenters. The lowest BCUT2D eigenvalue weighted by molar-refractivity contribution is 0.171. The van der Waals surface area contributed by atoms with E-state index in [9.17, 15) is 0 Å². The standard InChI is InChI=1S/C16H27N3/c1-4-13-10-18-8-7-15(13)16(19-17)14-6-5-11(2)12(3)9-14/h7-8,10-12,14,16,19H,4-6,9,17H2,1-3H3. The molecule has 0 aromatic carbocycles. The number of hydrogen-bond donors (Lipinski definition) is 2. The lowest BCUT2D eigenvalue weighted by Gasteiger charge is -2.37. The molecule has 0 spiro atoms. The van der Waals surface area contributed by atoms with Crippen LogP contribution in [0, 0.1) is 17.8 Å². The van der Waals surface area contributed by atoms with Crippen molar-refractivity contribution in [2.45, 2.75) is 52.5 Å². The monoisotopic (exact) mass is 261 g/mol. The Labute approximate surface area is 117 Å². The number of nitrogens with one attached hydrogen (secondary N) is 1. The molecule has 106 valence electrons. The molecule has 1 heterocycles. The molecule has 0 amide bonds. The van der Waals surface area contributed by atoms with Crippen LogP contribution in [0.25, 0.3) is 0 Å². The second kappa shape index (κ2) is 6.49. The van der Waals surface area contributed by atoms with Crippen molar-refractivity contribution in [2.24, 2.45) is 23.6 Å². The Hall–Kier alpha value is -0.930. The summed E-state index contributed by atoms with van der Waals surface area (Å²) in [5.41, 5.74) is 5.73. The molecular formula is C16H27N3. The lowest BCUT2D eigenvalue weighted by Crippen LogP contribution is -2.37. The zero-order valence-corrected chi connectivity index (χ0v) is 12.4. The maximum atomic E-state index is 5.87. The van der Waals surface area contributed by atoms with Gasteiger partial charge in [-0.1, -0.05) is 27.2 Å². The highest BCUT2D eigenvalue weighted by molar-refractivity contribution is 5.27. The molecule has 3 N–H and O–H groups in total. The highest BCUT2D eigenvalue weighted by atomic mass is 15.2. The predicted molar refractivity (Wildman–Crippen MR) is 79.3 cm³/mol. The van der Waals surface area contributed by atoms with Crippen LogP contribution in [0.15, 0.2) is 18.5 Å². The first kappa shape index (κ1) is 14.5. The smallest absolute Gasteiger partial charge is 0.0492 e. The van der Waals surface area contributed by atoms with E-state index in [0.29, 0.717) is 5.92 Å². The van der Waals surface area contributed by atoms with Gasteiger partial charge in [0.25, 0.3) is 0 Å². The average Bonchev–Trinajstić information content (AvgIpc) is 2.44. The van der Waals surface area contributed by atoms with E-state index < -0.39 is 0 Å². The maximum absolute atomic E-state index is 5.87. The summed E-state index contributed by atoms with van der Waals surface area (Å²) >= 11 is 0. The highest BCUT2D eigenvalue weighted by Crippen LogP contribution is 2.40. The van der Waals surface area contributed by atoms with E-state index in [0.717, 1.165) is 18.3 Å².